The number of rotatable bonds is 3. The third-order valence-electron chi connectivity index (χ3n) is 5.81. The molecule has 0 aromatic carbocycles. The average Bonchev–Trinajstić information content (AvgIpc) is 3.34. The van der Waals surface area contributed by atoms with E-state index in [1.165, 1.54) is 17.5 Å². The highest BCUT2D eigenvalue weighted by molar-refractivity contribution is 5.91. The zero-order valence-corrected chi connectivity index (χ0v) is 20.9. The molecular weight excluding hydrogens is 416 g/mol. The molecule has 0 aliphatic carbocycles. The van der Waals surface area contributed by atoms with Gasteiger partial charge in [-0.2, -0.15) is 0 Å². The number of furan rings is 1. The lowest BCUT2D eigenvalue weighted by Crippen LogP contribution is -2.57. The number of hydrogen-bond acceptors (Lipinski definition) is 6. The first kappa shape index (κ1) is 26.4. The van der Waals surface area contributed by atoms with Crippen molar-refractivity contribution in [2.24, 2.45) is 5.92 Å². The second-order valence-corrected chi connectivity index (χ2v) is 9.48. The molecule has 7 heteroatoms. The van der Waals surface area contributed by atoms with E-state index in [0.717, 1.165) is 25.3 Å². The van der Waals surface area contributed by atoms with Gasteiger partial charge in [0.15, 0.2) is 5.76 Å². The summed E-state index contributed by atoms with van der Waals surface area (Å²) in [5.41, 5.74) is 2.35. The number of hydrogen-bond donors (Lipinski definition) is 0. The van der Waals surface area contributed by atoms with Gasteiger partial charge in [-0.15, -0.1) is 0 Å². The molecule has 0 unspecified atom stereocenters. The fraction of sp³-hybridized carbons (Fsp3) is 0.577. The van der Waals surface area contributed by atoms with Crippen LogP contribution in [0.2, 0.25) is 0 Å². The molecule has 2 aliphatic heterocycles. The van der Waals surface area contributed by atoms with Crippen LogP contribution >= 0.6 is 0 Å². The van der Waals surface area contributed by atoms with Crippen LogP contribution in [0.3, 0.4) is 0 Å². The molecule has 0 saturated carbocycles. The van der Waals surface area contributed by atoms with E-state index in [0.29, 0.717) is 24.8 Å². The van der Waals surface area contributed by atoms with Crippen molar-refractivity contribution in [3.8, 4) is 6.57 Å². The van der Waals surface area contributed by atoms with Crippen molar-refractivity contribution in [1.82, 2.24) is 9.88 Å². The maximum Gasteiger partial charge on any atom is 0.289 e. The second kappa shape index (κ2) is 11.9. The molecule has 1 amide bonds. The van der Waals surface area contributed by atoms with Crippen LogP contribution in [-0.4, -0.2) is 47.1 Å². The minimum Gasteiger partial charge on any atom is -0.459 e. The smallest absolute Gasteiger partial charge is 0.289 e. The number of ether oxygens (including phenoxy) is 1. The number of piperazine rings is 1. The maximum absolute atomic E-state index is 12.9. The number of nitriles is 1. The number of fused-ring (bicyclic) bond motifs is 1. The number of carbonyl (C=O) groups is 1. The van der Waals surface area contributed by atoms with Crippen molar-refractivity contribution < 1.29 is 13.9 Å². The SMILES string of the molecule is C#N.CC(C)[C@@H]1CN(c2cc3c(cn2)COC(C)(C)C3)CCN1C(=O)c1ccco1.CCC. The number of carbonyl (C=O) groups excluding carboxylic acids is 1. The van der Waals surface area contributed by atoms with Crippen molar-refractivity contribution in [3.63, 3.8) is 0 Å². The number of anilines is 1. The number of amides is 1. The molecule has 33 heavy (non-hydrogen) atoms. The Balaban J connectivity index is 0.000000714. The Hall–Kier alpha value is -2.85. The Labute approximate surface area is 198 Å². The molecule has 0 spiro atoms. The molecule has 2 aromatic rings. The van der Waals surface area contributed by atoms with Gasteiger partial charge in [0.05, 0.1) is 24.5 Å². The fourth-order valence-electron chi connectivity index (χ4n) is 4.15. The van der Waals surface area contributed by atoms with E-state index in [4.69, 9.17) is 19.4 Å². The summed E-state index contributed by atoms with van der Waals surface area (Å²) >= 11 is 0. The third-order valence-corrected chi connectivity index (χ3v) is 5.81. The molecule has 0 radical (unpaired) electrons. The molecule has 0 bridgehead atoms. The summed E-state index contributed by atoms with van der Waals surface area (Å²) in [5, 5.41) is 6.50. The van der Waals surface area contributed by atoms with Crippen LogP contribution in [0.1, 0.15) is 69.6 Å². The lowest BCUT2D eigenvalue weighted by atomic mass is 9.92. The predicted molar refractivity (Wildman–Crippen MR) is 130 cm³/mol. The predicted octanol–water partition coefficient (Wildman–Crippen LogP) is 5.07. The second-order valence-electron chi connectivity index (χ2n) is 9.48. The fourth-order valence-corrected chi connectivity index (χ4v) is 4.15. The van der Waals surface area contributed by atoms with Crippen molar-refractivity contribution >= 4 is 11.7 Å². The number of aromatic nitrogens is 1. The van der Waals surface area contributed by atoms with E-state index in [9.17, 15) is 4.79 Å². The van der Waals surface area contributed by atoms with Crippen LogP contribution in [0.5, 0.6) is 0 Å². The van der Waals surface area contributed by atoms with Crippen molar-refractivity contribution in [1.29, 1.82) is 5.26 Å². The monoisotopic (exact) mass is 454 g/mol. The van der Waals surface area contributed by atoms with E-state index < -0.39 is 0 Å². The van der Waals surface area contributed by atoms with Crippen LogP contribution in [0.25, 0.3) is 0 Å². The van der Waals surface area contributed by atoms with Gasteiger partial charge in [-0.05, 0) is 49.1 Å². The molecule has 7 nitrogen and oxygen atoms in total. The Bertz CT molecular complexity index is 906. The summed E-state index contributed by atoms with van der Waals surface area (Å²) in [6, 6.07) is 5.82. The minimum absolute atomic E-state index is 0.0272. The topological polar surface area (TPSA) is 82.6 Å². The zero-order valence-electron chi connectivity index (χ0n) is 20.9. The van der Waals surface area contributed by atoms with Crippen LogP contribution in [-0.2, 0) is 17.8 Å². The summed E-state index contributed by atoms with van der Waals surface area (Å²) < 4.78 is 11.2. The first-order valence-electron chi connectivity index (χ1n) is 11.7. The van der Waals surface area contributed by atoms with Gasteiger partial charge in [0.2, 0.25) is 0 Å². The Morgan fingerprint density at radius 2 is 1.97 bits per heavy atom. The Morgan fingerprint density at radius 3 is 2.58 bits per heavy atom. The van der Waals surface area contributed by atoms with Gasteiger partial charge in [0.25, 0.3) is 5.91 Å². The summed E-state index contributed by atoms with van der Waals surface area (Å²) in [6.07, 6.45) is 5.64. The van der Waals surface area contributed by atoms with Gasteiger partial charge < -0.3 is 19.0 Å². The molecule has 2 aromatic heterocycles. The molecule has 180 valence electrons. The first-order chi connectivity index (χ1) is 15.8. The van der Waals surface area contributed by atoms with Crippen LogP contribution in [0.15, 0.2) is 35.1 Å². The highest BCUT2D eigenvalue weighted by atomic mass is 16.5. The highest BCUT2D eigenvalue weighted by Crippen LogP contribution is 2.30. The molecule has 0 N–H and O–H groups in total. The average molecular weight is 455 g/mol. The van der Waals surface area contributed by atoms with E-state index >= 15 is 0 Å². The quantitative estimate of drug-likeness (QED) is 0.644. The van der Waals surface area contributed by atoms with E-state index in [2.05, 4.69) is 59.1 Å². The van der Waals surface area contributed by atoms with Crippen molar-refractivity contribution in [3.05, 3.63) is 47.5 Å². The van der Waals surface area contributed by atoms with Gasteiger partial charge in [0.1, 0.15) is 5.82 Å². The van der Waals surface area contributed by atoms with Crippen LogP contribution in [0.4, 0.5) is 5.82 Å². The molecule has 1 saturated heterocycles. The van der Waals surface area contributed by atoms with Crippen LogP contribution in [0, 0.1) is 17.8 Å². The van der Waals surface area contributed by atoms with Gasteiger partial charge in [-0.1, -0.05) is 34.1 Å². The Kier molecular flexibility index (Phi) is 9.48. The number of nitrogens with zero attached hydrogens (tertiary/aromatic N) is 4. The lowest BCUT2D eigenvalue weighted by Gasteiger charge is -2.43. The molecule has 2 aliphatic rings. The largest absolute Gasteiger partial charge is 0.459 e. The van der Waals surface area contributed by atoms with E-state index in [1.807, 2.05) is 11.1 Å². The standard InChI is InChI=1S/C22H29N3O3.C3H8.CHN/c1-15(2)18-13-24(7-8-25(18)21(26)19-6-5-9-27-19)20-10-16-11-22(3,4)28-14-17(16)12-23-20;1-3-2;1-2/h5-6,9-10,12,15,18H,7-8,11,13-14H2,1-4H3;3H2,1-2H3;1H/t18-;;/m0../s1. The summed E-state index contributed by atoms with van der Waals surface area (Å²) in [7, 11) is 0. The highest BCUT2D eigenvalue weighted by Gasteiger charge is 2.35. The van der Waals surface area contributed by atoms with Gasteiger partial charge in [-0.25, -0.2) is 10.2 Å². The molecule has 1 atom stereocenters. The third kappa shape index (κ3) is 6.58. The Morgan fingerprint density at radius 1 is 1.27 bits per heavy atom. The maximum atomic E-state index is 12.9. The normalized spacial score (nSPS) is 19.0. The summed E-state index contributed by atoms with van der Waals surface area (Å²) in [5.74, 6) is 1.72. The van der Waals surface area contributed by atoms with E-state index in [-0.39, 0.29) is 17.6 Å². The lowest BCUT2D eigenvalue weighted by molar-refractivity contribution is -0.0402. The number of pyridine rings is 1. The van der Waals surface area contributed by atoms with Crippen LogP contribution < -0.4 is 4.90 Å². The molecule has 4 heterocycles. The van der Waals surface area contributed by atoms with Crippen molar-refractivity contribution in [2.45, 2.75) is 72.6 Å². The van der Waals surface area contributed by atoms with Gasteiger partial charge in [0, 0.05) is 38.8 Å². The van der Waals surface area contributed by atoms with Crippen molar-refractivity contribution in [2.75, 3.05) is 24.5 Å². The van der Waals surface area contributed by atoms with Gasteiger partial charge in [-0.3, -0.25) is 4.79 Å². The minimum atomic E-state index is -0.139. The molecular formula is C26H38N4O3. The van der Waals surface area contributed by atoms with Gasteiger partial charge >= 0.3 is 0 Å². The zero-order chi connectivity index (χ0) is 24.6. The summed E-state index contributed by atoms with van der Waals surface area (Å²) in [4.78, 5) is 21.8. The summed E-state index contributed by atoms with van der Waals surface area (Å²) in [6.45, 7) is 19.2. The molecule has 4 rings (SSSR count). The van der Waals surface area contributed by atoms with E-state index in [1.54, 1.807) is 18.4 Å². The first-order valence-corrected chi connectivity index (χ1v) is 11.7. The molecule has 1 fully saturated rings.